The number of nitrogens with one attached hydrogen (secondary N) is 1. The maximum absolute atomic E-state index is 12.0. The van der Waals surface area contributed by atoms with E-state index in [9.17, 15) is 19.8 Å². The number of aldehydes is 1. The van der Waals surface area contributed by atoms with E-state index in [1.165, 1.54) is 0 Å². The Bertz CT molecular complexity index is 3910. The molecule has 2 unspecified atom stereocenters. The summed E-state index contributed by atoms with van der Waals surface area (Å²) in [7, 11) is 3.70. The first-order chi connectivity index (χ1) is 37.8. The van der Waals surface area contributed by atoms with Crippen molar-refractivity contribution in [2.75, 3.05) is 34.4 Å². The zero-order chi connectivity index (χ0) is 56.4. The number of benzene rings is 6. The van der Waals surface area contributed by atoms with Gasteiger partial charge >= 0.3 is 23.1 Å². The van der Waals surface area contributed by atoms with E-state index < -0.39 is 11.2 Å². The maximum atomic E-state index is 12.0. The third kappa shape index (κ3) is 15.0. The fraction of sp³-hybridized carbons (Fsp3) is 0.0968. The molecule has 82 heavy (non-hydrogen) atoms. The fourth-order valence-electron chi connectivity index (χ4n) is 8.36. The van der Waals surface area contributed by atoms with Crippen molar-refractivity contribution in [3.63, 3.8) is 0 Å². The van der Waals surface area contributed by atoms with Gasteiger partial charge in [-0.05, 0) is 90.7 Å². The molecular weight excluding hydrogens is 1110 g/mol. The van der Waals surface area contributed by atoms with Crippen molar-refractivity contribution in [1.29, 1.82) is 0 Å². The predicted molar refractivity (Wildman–Crippen MR) is 325 cm³/mol. The molecule has 0 fully saturated rings. The Morgan fingerprint density at radius 3 is 1.51 bits per heavy atom. The molecule has 5 aromatic heterocycles. The summed E-state index contributed by atoms with van der Waals surface area (Å²) in [5, 5.41) is 30.0. The van der Waals surface area contributed by atoms with E-state index >= 15 is 0 Å². The smallest absolute Gasteiger partial charge is 1.00 e. The van der Waals surface area contributed by atoms with Crippen molar-refractivity contribution in [2.45, 2.75) is 25.0 Å². The number of nitrogens with zero attached hydrogens (tertiary/aromatic N) is 7. The number of aryl methyl sites for hydroxylation is 2. The van der Waals surface area contributed by atoms with Gasteiger partial charge in [-0.2, -0.15) is 10.2 Å². The van der Waals surface area contributed by atoms with Gasteiger partial charge in [0.15, 0.2) is 12.1 Å². The molecule has 414 valence electrons. The van der Waals surface area contributed by atoms with Crippen molar-refractivity contribution < 1.29 is 36.8 Å². The quantitative estimate of drug-likeness (QED) is 0.0249. The summed E-state index contributed by atoms with van der Waals surface area (Å²) in [5.74, 6) is 1.22. The predicted octanol–water partition coefficient (Wildman–Crippen LogP) is 6.00. The van der Waals surface area contributed by atoms with Gasteiger partial charge in [0.2, 0.25) is 0 Å². The Morgan fingerprint density at radius 2 is 1.01 bits per heavy atom. The maximum Gasteiger partial charge on any atom is 2.00 e. The van der Waals surface area contributed by atoms with Gasteiger partial charge in [-0.1, -0.05) is 103 Å². The number of H-pyrrole nitrogens is 1. The molecular formula is C62H63BrMgN14O4. The number of carbonyl (C=O) groups is 2. The van der Waals surface area contributed by atoms with Crippen LogP contribution in [0.4, 0.5) is 34.4 Å². The van der Waals surface area contributed by atoms with Crippen LogP contribution in [0.3, 0.4) is 0 Å². The molecule has 11 aromatic rings. The summed E-state index contributed by atoms with van der Waals surface area (Å²) in [6, 6.07) is 47.6. The Balaban J connectivity index is 0.000000209. The molecule has 0 aliphatic carbocycles. The van der Waals surface area contributed by atoms with Crippen LogP contribution in [0, 0.1) is 7.43 Å². The van der Waals surface area contributed by atoms with Gasteiger partial charge in [-0.3, -0.25) is 19.0 Å². The minimum Gasteiger partial charge on any atom is -1.00 e. The van der Waals surface area contributed by atoms with Crippen molar-refractivity contribution in [3.8, 4) is 33.6 Å². The van der Waals surface area contributed by atoms with Gasteiger partial charge in [0.1, 0.15) is 28.7 Å². The largest absolute Gasteiger partial charge is 2.00 e. The topological polar surface area (TPSA) is 321 Å². The molecule has 18 nitrogen and oxygen atoms in total. The Hall–Kier alpha value is -9.18. The van der Waals surface area contributed by atoms with E-state index in [4.69, 9.17) is 39.4 Å². The summed E-state index contributed by atoms with van der Waals surface area (Å²) < 4.78 is 3.43. The van der Waals surface area contributed by atoms with E-state index in [0.717, 1.165) is 55.5 Å². The molecule has 0 spiro atoms. The van der Waals surface area contributed by atoms with Gasteiger partial charge < -0.3 is 74.0 Å². The number of aromatic nitrogens is 8. The Kier molecular flexibility index (Phi) is 21.6. The number of aromatic amines is 1. The van der Waals surface area contributed by atoms with E-state index in [2.05, 4.69) is 25.1 Å². The van der Waals surface area contributed by atoms with Gasteiger partial charge in [0.25, 0.3) is 0 Å². The van der Waals surface area contributed by atoms with Crippen LogP contribution in [0.1, 0.15) is 62.4 Å². The number of ketones is 1. The number of rotatable bonds is 10. The molecule has 0 bridgehead atoms. The second kappa shape index (κ2) is 27.8. The van der Waals surface area contributed by atoms with Gasteiger partial charge in [-0.25, -0.2) is 15.0 Å². The normalized spacial score (nSPS) is 11.8. The zero-order valence-electron chi connectivity index (χ0n) is 45.9. The van der Waals surface area contributed by atoms with Crippen LogP contribution in [0.2, 0.25) is 0 Å². The number of imidazole rings is 1. The molecule has 0 radical (unpaired) electrons. The number of nitrogens with two attached hydrogens (primary N) is 6. The van der Waals surface area contributed by atoms with Crippen LogP contribution in [0.25, 0.3) is 44.7 Å². The average Bonchev–Trinajstić information content (AvgIpc) is 4.41. The van der Waals surface area contributed by atoms with Crippen LogP contribution >= 0.6 is 0 Å². The minimum atomic E-state index is -1.12. The molecule has 6 aromatic carbocycles. The number of anilines is 6. The summed E-state index contributed by atoms with van der Waals surface area (Å²) in [6.07, 6.45) is 11.3. The molecule has 0 saturated heterocycles. The van der Waals surface area contributed by atoms with Crippen molar-refractivity contribution in [1.82, 2.24) is 39.5 Å². The molecule has 0 aliphatic heterocycles. The van der Waals surface area contributed by atoms with Crippen LogP contribution in [-0.4, -0.2) is 84.8 Å². The van der Waals surface area contributed by atoms with Crippen LogP contribution in [0.5, 0.6) is 0 Å². The third-order valence-corrected chi connectivity index (χ3v) is 13.1. The first-order valence-corrected chi connectivity index (χ1v) is 24.7. The number of hydrogen-bond acceptors (Lipinski definition) is 15. The first-order valence-electron chi connectivity index (χ1n) is 24.7. The molecule has 5 heterocycles. The SMILES string of the molecule is CC(O)(c1ccccc1)c1ccc(N)c(N)c1.Cn1cc(-c2cnc(N)c(-c3nc4ccc(C(C)(O)c5ccccc5)cc4[nH]3)c2)cn1.Cn1cc(-c2cnc(N)c(C=O)c2)cn1.Nc1ccc(C(=O)c2ccccc2)cc1N.[Br-].[CH3-].[Mg+2]. The van der Waals surface area contributed by atoms with Gasteiger partial charge in [0, 0.05) is 72.3 Å². The second-order valence-corrected chi connectivity index (χ2v) is 18.9. The molecule has 15 N–H and O–H groups in total. The summed E-state index contributed by atoms with van der Waals surface area (Å²) in [5.41, 5.74) is 44.8. The number of halogens is 1. The number of fused-ring (bicyclic) bond motifs is 1. The Morgan fingerprint density at radius 1 is 0.537 bits per heavy atom. The van der Waals surface area contributed by atoms with Crippen LogP contribution < -0.4 is 51.4 Å². The third-order valence-electron chi connectivity index (χ3n) is 13.1. The Labute approximate surface area is 502 Å². The fourth-order valence-corrected chi connectivity index (χ4v) is 8.36. The summed E-state index contributed by atoms with van der Waals surface area (Å²) in [6.45, 7) is 3.54. The molecule has 0 amide bonds. The first kappa shape index (κ1) is 63.6. The number of carbonyl (C=O) groups excluding carboxylic acids is 2. The molecule has 11 rings (SSSR count). The molecule has 2 atom stereocenters. The van der Waals surface area contributed by atoms with Crippen molar-refractivity contribution in [3.05, 3.63) is 241 Å². The minimum absolute atomic E-state index is 0. The van der Waals surface area contributed by atoms with E-state index in [1.807, 2.05) is 130 Å². The monoisotopic (exact) mass is 1170 g/mol. The summed E-state index contributed by atoms with van der Waals surface area (Å²) in [4.78, 5) is 39.0. The average molecular weight is 1170 g/mol. The summed E-state index contributed by atoms with van der Waals surface area (Å²) >= 11 is 0. The van der Waals surface area contributed by atoms with E-state index in [1.54, 1.807) is 103 Å². The molecule has 0 saturated carbocycles. The van der Waals surface area contributed by atoms with Crippen LogP contribution in [-0.2, 0) is 25.3 Å². The number of hydrogen-bond donors (Lipinski definition) is 9. The second-order valence-electron chi connectivity index (χ2n) is 18.9. The zero-order valence-corrected chi connectivity index (χ0v) is 48.9. The molecule has 20 heteroatoms. The van der Waals surface area contributed by atoms with E-state index in [0.29, 0.717) is 62.9 Å². The number of nitrogen functional groups attached to an aromatic ring is 6. The van der Waals surface area contributed by atoms with Crippen molar-refractivity contribution >= 4 is 80.5 Å². The number of aliphatic hydroxyl groups is 2. The van der Waals surface area contributed by atoms with Gasteiger partial charge in [0.05, 0.1) is 57.3 Å². The number of pyridine rings is 2. The van der Waals surface area contributed by atoms with E-state index in [-0.39, 0.29) is 59.1 Å². The molecule has 0 aliphatic rings. The van der Waals surface area contributed by atoms with Crippen LogP contribution in [0.15, 0.2) is 195 Å². The van der Waals surface area contributed by atoms with Gasteiger partial charge in [-0.15, -0.1) is 0 Å². The van der Waals surface area contributed by atoms with Crippen molar-refractivity contribution in [2.24, 2.45) is 14.1 Å². The standard InChI is InChI=1S/C24H22N6O.C14H16N2O.C13H12N2O.C10H10N4O.CH3.BrH.Mg/c1-24(31,17-6-4-3-5-7-17)18-8-9-20-21(11-18)29-23(28-20)19-10-15(12-26-22(19)25)16-13-27-30(2)14-16;1-14(17,10-5-3-2-4-6-10)11-7-8-12(15)13(16)9-11;14-11-7-6-10(8-12(11)15)13(16)9-4-2-1-3-5-9;1-14-5-9(4-13-14)7-2-8(6-15)10(11)12-3-7;;;/h3-14,31H,1-2H3,(H2,25,26)(H,28,29);2-9,17H,15-16H2,1H3;1-8H,14-15H2;2-6H,1H3,(H2,11,12);1H3;1H;/q;;;;-1;;+2/p-1.